The van der Waals surface area contributed by atoms with Crippen molar-refractivity contribution in [2.75, 3.05) is 31.2 Å². The van der Waals surface area contributed by atoms with Gasteiger partial charge in [-0.2, -0.15) is 5.26 Å². The Labute approximate surface area is 181 Å². The van der Waals surface area contributed by atoms with E-state index in [2.05, 4.69) is 68.1 Å². The van der Waals surface area contributed by atoms with Gasteiger partial charge in [-0.15, -0.1) is 0 Å². The molecule has 1 aliphatic carbocycles. The predicted molar refractivity (Wildman–Crippen MR) is 124 cm³/mol. The third kappa shape index (κ3) is 4.02. The van der Waals surface area contributed by atoms with Crippen LogP contribution in [0.15, 0.2) is 42.0 Å². The maximum Gasteiger partial charge on any atom is 0.101 e. The van der Waals surface area contributed by atoms with E-state index >= 15 is 0 Å². The molecule has 0 bridgehead atoms. The van der Waals surface area contributed by atoms with Crippen molar-refractivity contribution >= 4 is 5.69 Å². The van der Waals surface area contributed by atoms with E-state index in [4.69, 9.17) is 4.74 Å². The first kappa shape index (κ1) is 20.7. The molecule has 30 heavy (non-hydrogen) atoms. The minimum atomic E-state index is 0.409. The lowest BCUT2D eigenvalue weighted by atomic mass is 9.77. The highest BCUT2D eigenvalue weighted by atomic mass is 16.5. The second kappa shape index (κ2) is 9.06. The summed E-state index contributed by atoms with van der Waals surface area (Å²) >= 11 is 0. The summed E-state index contributed by atoms with van der Waals surface area (Å²) < 4.78 is 5.59. The van der Waals surface area contributed by atoms with E-state index in [-0.39, 0.29) is 0 Å². The van der Waals surface area contributed by atoms with Crippen LogP contribution in [0.3, 0.4) is 0 Å². The molecule has 2 aliphatic rings. The third-order valence-electron chi connectivity index (χ3n) is 6.49. The third-order valence-corrected chi connectivity index (χ3v) is 6.49. The standard InChI is InChI=1S/C27H32N2O/c1-19(2)7-6-8-20(3)25-17-22(18-28)27(29-13-15-30-16-14-29)24-12-11-21-9-4-5-10-23(21)26(24)25/h4-5,7,9-10,17,20H,6,8,11-16H2,1-3H3/t20-/m0/s1. The first-order valence-electron chi connectivity index (χ1n) is 11.2. The van der Waals surface area contributed by atoms with Gasteiger partial charge in [-0.25, -0.2) is 0 Å². The van der Waals surface area contributed by atoms with Crippen LogP contribution in [0.4, 0.5) is 5.69 Å². The van der Waals surface area contributed by atoms with Gasteiger partial charge in [0.2, 0.25) is 0 Å². The minimum absolute atomic E-state index is 0.409. The zero-order chi connectivity index (χ0) is 21.1. The monoisotopic (exact) mass is 400 g/mol. The molecule has 2 aromatic carbocycles. The van der Waals surface area contributed by atoms with Gasteiger partial charge in [0, 0.05) is 13.1 Å². The second-order valence-electron chi connectivity index (χ2n) is 8.84. The molecule has 0 aromatic heterocycles. The first-order valence-corrected chi connectivity index (χ1v) is 11.2. The lowest BCUT2D eigenvalue weighted by Crippen LogP contribution is -2.37. The number of benzene rings is 2. The Bertz CT molecular complexity index is 989. The molecule has 3 heteroatoms. The Kier molecular flexibility index (Phi) is 6.25. The smallest absolute Gasteiger partial charge is 0.101 e. The Morgan fingerprint density at radius 2 is 1.97 bits per heavy atom. The summed E-state index contributed by atoms with van der Waals surface area (Å²) in [5.74, 6) is 0.409. The van der Waals surface area contributed by atoms with Gasteiger partial charge in [0.05, 0.1) is 24.5 Å². The van der Waals surface area contributed by atoms with Crippen LogP contribution in [0.25, 0.3) is 11.1 Å². The highest BCUT2D eigenvalue weighted by Gasteiger charge is 2.29. The molecule has 156 valence electrons. The largest absolute Gasteiger partial charge is 0.378 e. The average Bonchev–Trinajstić information content (AvgIpc) is 2.77. The van der Waals surface area contributed by atoms with Gasteiger partial charge in [-0.05, 0) is 79.3 Å². The zero-order valence-electron chi connectivity index (χ0n) is 18.5. The molecule has 1 atom stereocenters. The van der Waals surface area contributed by atoms with Crippen molar-refractivity contribution < 1.29 is 4.74 Å². The fraction of sp³-hybridized carbons (Fsp3) is 0.444. The molecule has 1 aliphatic heterocycles. The van der Waals surface area contributed by atoms with Crippen molar-refractivity contribution in [2.24, 2.45) is 0 Å². The first-order chi connectivity index (χ1) is 14.6. The van der Waals surface area contributed by atoms with Crippen molar-refractivity contribution in [3.05, 3.63) is 64.2 Å². The Balaban J connectivity index is 1.87. The SMILES string of the molecule is CC(C)=CCC[C@H](C)c1cc(C#N)c(N2CCOCC2)c2c1-c1ccccc1CC2. The normalized spacial score (nSPS) is 16.3. The number of fused-ring (bicyclic) bond motifs is 3. The van der Waals surface area contributed by atoms with Crippen LogP contribution in [-0.4, -0.2) is 26.3 Å². The second-order valence-corrected chi connectivity index (χ2v) is 8.84. The zero-order valence-corrected chi connectivity index (χ0v) is 18.5. The van der Waals surface area contributed by atoms with Gasteiger partial charge in [0.1, 0.15) is 6.07 Å². The minimum Gasteiger partial charge on any atom is -0.378 e. The molecular formula is C27H32N2O. The van der Waals surface area contributed by atoms with Crippen molar-refractivity contribution in [1.29, 1.82) is 5.26 Å². The van der Waals surface area contributed by atoms with E-state index in [1.54, 1.807) is 0 Å². The number of rotatable bonds is 5. The molecule has 0 unspecified atom stereocenters. The van der Waals surface area contributed by atoms with Crippen LogP contribution in [-0.2, 0) is 17.6 Å². The van der Waals surface area contributed by atoms with Gasteiger partial charge < -0.3 is 9.64 Å². The molecule has 1 fully saturated rings. The van der Waals surface area contributed by atoms with Gasteiger partial charge in [0.25, 0.3) is 0 Å². The highest BCUT2D eigenvalue weighted by molar-refractivity contribution is 5.85. The quantitative estimate of drug-likeness (QED) is 0.577. The summed E-state index contributed by atoms with van der Waals surface area (Å²) in [5.41, 5.74) is 10.3. The van der Waals surface area contributed by atoms with Crippen LogP contribution in [0.5, 0.6) is 0 Å². The maximum absolute atomic E-state index is 10.1. The summed E-state index contributed by atoms with van der Waals surface area (Å²) in [4.78, 5) is 2.38. The van der Waals surface area contributed by atoms with Crippen LogP contribution in [0, 0.1) is 11.3 Å². The van der Waals surface area contributed by atoms with E-state index in [1.807, 2.05) is 0 Å². The Hall–Kier alpha value is -2.57. The van der Waals surface area contributed by atoms with Crippen LogP contribution in [0.1, 0.15) is 61.8 Å². The van der Waals surface area contributed by atoms with Gasteiger partial charge in [-0.3, -0.25) is 0 Å². The summed E-state index contributed by atoms with van der Waals surface area (Å²) in [5, 5.41) is 10.1. The van der Waals surface area contributed by atoms with Gasteiger partial charge in [-0.1, -0.05) is 42.8 Å². The van der Waals surface area contributed by atoms with E-state index in [1.165, 1.54) is 33.4 Å². The Morgan fingerprint density at radius 3 is 2.70 bits per heavy atom. The Morgan fingerprint density at radius 1 is 1.20 bits per heavy atom. The van der Waals surface area contributed by atoms with Crippen molar-refractivity contribution in [2.45, 2.75) is 52.4 Å². The van der Waals surface area contributed by atoms with Gasteiger partial charge in [0.15, 0.2) is 0 Å². The molecule has 1 heterocycles. The lowest BCUT2D eigenvalue weighted by molar-refractivity contribution is 0.122. The number of hydrogen-bond donors (Lipinski definition) is 0. The number of nitriles is 1. The number of nitrogens with zero attached hydrogens (tertiary/aromatic N) is 2. The van der Waals surface area contributed by atoms with Crippen LogP contribution < -0.4 is 4.90 Å². The van der Waals surface area contributed by atoms with E-state index < -0.39 is 0 Å². The van der Waals surface area contributed by atoms with Gasteiger partial charge >= 0.3 is 0 Å². The number of aryl methyl sites for hydroxylation is 1. The van der Waals surface area contributed by atoms with E-state index in [9.17, 15) is 5.26 Å². The molecular weight excluding hydrogens is 368 g/mol. The fourth-order valence-corrected chi connectivity index (χ4v) is 4.95. The van der Waals surface area contributed by atoms with Crippen molar-refractivity contribution in [1.82, 2.24) is 0 Å². The van der Waals surface area contributed by atoms with E-state index in [0.717, 1.165) is 63.2 Å². The average molecular weight is 401 g/mol. The molecule has 4 rings (SSSR count). The van der Waals surface area contributed by atoms with Crippen LogP contribution in [0.2, 0.25) is 0 Å². The molecule has 0 radical (unpaired) electrons. The molecule has 0 saturated carbocycles. The topological polar surface area (TPSA) is 36.3 Å². The fourth-order valence-electron chi connectivity index (χ4n) is 4.95. The predicted octanol–water partition coefficient (Wildman–Crippen LogP) is 6.01. The van der Waals surface area contributed by atoms with Crippen molar-refractivity contribution in [3.8, 4) is 17.2 Å². The number of ether oxygens (including phenoxy) is 1. The number of morpholine rings is 1. The van der Waals surface area contributed by atoms with E-state index in [0.29, 0.717) is 5.92 Å². The molecule has 0 N–H and O–H groups in total. The lowest BCUT2D eigenvalue weighted by Gasteiger charge is -2.35. The molecule has 3 nitrogen and oxygen atoms in total. The number of hydrogen-bond acceptors (Lipinski definition) is 3. The van der Waals surface area contributed by atoms with Crippen molar-refractivity contribution in [3.63, 3.8) is 0 Å². The summed E-state index contributed by atoms with van der Waals surface area (Å²) in [6.07, 6.45) is 6.54. The molecule has 1 saturated heterocycles. The summed E-state index contributed by atoms with van der Waals surface area (Å²) in [7, 11) is 0. The summed E-state index contributed by atoms with van der Waals surface area (Å²) in [6, 6.07) is 13.6. The highest BCUT2D eigenvalue weighted by Crippen LogP contribution is 2.45. The molecule has 2 aromatic rings. The maximum atomic E-state index is 10.1. The number of allylic oxidation sites excluding steroid dienone is 2. The summed E-state index contributed by atoms with van der Waals surface area (Å²) in [6.45, 7) is 9.83. The molecule has 0 amide bonds. The van der Waals surface area contributed by atoms with Crippen LogP contribution >= 0.6 is 0 Å². The molecule has 0 spiro atoms. The number of anilines is 1.